The Hall–Kier alpha value is -14.6. The first-order valence-corrected chi connectivity index (χ1v) is 45.0. The Morgan fingerprint density at radius 2 is 0.210 bits per heavy atom. The molecule has 35 aromatic rings. The fourth-order valence-electron chi connectivity index (χ4n) is 29.5. The minimum atomic E-state index is 1.27. The van der Waals surface area contributed by atoms with Gasteiger partial charge in [-0.3, -0.25) is 0 Å². The van der Waals surface area contributed by atoms with Crippen molar-refractivity contribution in [3.63, 3.8) is 0 Å². The number of fused-ring (bicyclic) bond motifs is 48. The molecule has 124 heavy (non-hydrogen) atoms. The number of hydrogen-bond donors (Lipinski definition) is 0. The third-order valence-corrected chi connectivity index (χ3v) is 34.5. The largest absolute Gasteiger partial charge is 0.0616 e. The Morgan fingerprint density at radius 1 is 0.0887 bits per heavy atom. The summed E-state index contributed by atoms with van der Waals surface area (Å²) in [6.07, 6.45) is 0. The van der Waals surface area contributed by atoms with Crippen LogP contribution in [-0.4, -0.2) is 0 Å². The molecule has 0 aliphatic carbocycles. The fraction of sp³-hybridized carbons (Fsp3) is 0.0968. The predicted molar refractivity (Wildman–Crippen MR) is 546 cm³/mol. The van der Waals surface area contributed by atoms with Crippen LogP contribution in [0.25, 0.3) is 366 Å². The van der Waals surface area contributed by atoms with E-state index in [0.717, 1.165) is 0 Å². The van der Waals surface area contributed by atoms with E-state index in [2.05, 4.69) is 277 Å². The first-order chi connectivity index (χ1) is 60.6. The zero-order chi connectivity index (χ0) is 80.8. The summed E-state index contributed by atoms with van der Waals surface area (Å²) in [5, 5.41) is 95.9. The van der Waals surface area contributed by atoms with Gasteiger partial charge in [0.1, 0.15) is 0 Å². The van der Waals surface area contributed by atoms with Gasteiger partial charge in [-0.1, -0.05) is 192 Å². The molecule has 0 N–H and O–H groups in total. The first kappa shape index (κ1) is 62.5. The van der Waals surface area contributed by atoms with Gasteiger partial charge in [0, 0.05) is 0 Å². The second kappa shape index (κ2) is 18.9. The van der Waals surface area contributed by atoms with Crippen LogP contribution < -0.4 is 0 Å². The van der Waals surface area contributed by atoms with Crippen LogP contribution in [0, 0.1) is 83.1 Å². The lowest BCUT2D eigenvalue weighted by Crippen LogP contribution is -1.84. The quantitative estimate of drug-likeness (QED) is 0.133. The maximum Gasteiger partial charge on any atom is -0.000000761 e. The lowest BCUT2D eigenvalue weighted by atomic mass is 9.90. The standard InChI is InChI=1S/C124H68/c1-45-21-25-61-69(29-45)89-93-73-33-49(5)53(9)37-77(73)97-98-78-38-54(10)50(6)34-74(78)94-90-70-30-46(2)22-26-62(70)86-102-82-42-66-59-19-15-16-20-60(59)68-44-84-83(43-67(68)58-18-14-13-17-57(58)65(66)41-81(82)101-85(61)105(89)115-119(109(93)97)120(110(94)98)116(106(86)90)123(115)113(101)102)103-87-63-27-23-47(3)31-71(63)91-95-75-35-51(7)55(11)39-79(75)99-100-80-40-56(12)52(8)36-76(80)96-92-72-32-48(4)24-28-64(72)88-104(84)114(103)124-117(107(87)91)121(111(95)99)122(112(96)100)118(124)108(88)92/h13-44H,1-12H3. The normalized spacial score (nSPS) is 14.0. The molecule has 0 radical (unpaired) electrons. The van der Waals surface area contributed by atoms with E-state index in [1.54, 1.807) is 0 Å². The van der Waals surface area contributed by atoms with E-state index in [0.29, 0.717) is 0 Å². The summed E-state index contributed by atoms with van der Waals surface area (Å²) >= 11 is 0. The summed E-state index contributed by atoms with van der Waals surface area (Å²) in [6, 6.07) is 81.3. The molecule has 0 aliphatic heterocycles. The van der Waals surface area contributed by atoms with E-state index in [1.165, 1.54) is 433 Å². The third-order valence-electron chi connectivity index (χ3n) is 34.5. The van der Waals surface area contributed by atoms with E-state index in [-0.39, 0.29) is 0 Å². The highest BCUT2D eigenvalue weighted by Crippen LogP contribution is 2.71. The average Bonchev–Trinajstić information content (AvgIpc) is 1.45. The summed E-state index contributed by atoms with van der Waals surface area (Å²) < 4.78 is 0. The minimum absolute atomic E-state index is 1.27. The van der Waals surface area contributed by atoms with Crippen molar-refractivity contribution in [1.82, 2.24) is 0 Å². The van der Waals surface area contributed by atoms with Crippen molar-refractivity contribution in [2.75, 3.05) is 0 Å². The van der Waals surface area contributed by atoms with Gasteiger partial charge in [-0.25, -0.2) is 0 Å². The predicted octanol–water partition coefficient (Wildman–Crippen LogP) is 36.2. The van der Waals surface area contributed by atoms with Gasteiger partial charge in [0.15, 0.2) is 0 Å². The Balaban J connectivity index is 0.796. The van der Waals surface area contributed by atoms with Gasteiger partial charge in [-0.2, -0.15) is 0 Å². The molecule has 0 aromatic heterocycles. The smallest absolute Gasteiger partial charge is 0.000000761 e. The lowest BCUT2D eigenvalue weighted by molar-refractivity contribution is 1.37. The van der Waals surface area contributed by atoms with Crippen LogP contribution in [0.3, 0.4) is 0 Å². The van der Waals surface area contributed by atoms with Gasteiger partial charge in [-0.05, 0) is 518 Å². The lowest BCUT2D eigenvalue weighted by Gasteiger charge is -2.12. The molecule has 0 unspecified atom stereocenters. The van der Waals surface area contributed by atoms with E-state index >= 15 is 0 Å². The number of hydrogen-bond acceptors (Lipinski definition) is 0. The van der Waals surface area contributed by atoms with E-state index < -0.39 is 0 Å². The molecule has 0 bridgehead atoms. The van der Waals surface area contributed by atoms with E-state index in [9.17, 15) is 0 Å². The molecule has 0 heteroatoms. The van der Waals surface area contributed by atoms with Gasteiger partial charge in [0.2, 0.25) is 0 Å². The third kappa shape index (κ3) is 5.97. The summed E-state index contributed by atoms with van der Waals surface area (Å²) in [5.41, 5.74) is 16.0. The highest BCUT2D eigenvalue weighted by molar-refractivity contribution is 6.73. The molecule has 0 aliphatic rings. The van der Waals surface area contributed by atoms with Crippen molar-refractivity contribution < 1.29 is 0 Å². The van der Waals surface area contributed by atoms with Crippen molar-refractivity contribution in [3.05, 3.63) is 261 Å². The van der Waals surface area contributed by atoms with Crippen molar-refractivity contribution >= 4 is 366 Å². The molecular formula is C124H68. The summed E-state index contributed by atoms with van der Waals surface area (Å²) in [6.45, 7) is 28.1. The molecule has 0 fully saturated rings. The van der Waals surface area contributed by atoms with Crippen LogP contribution >= 0.6 is 0 Å². The monoisotopic (exact) mass is 1560 g/mol. The zero-order valence-electron chi connectivity index (χ0n) is 70.5. The molecule has 0 heterocycles. The molecule has 0 atom stereocenters. The Morgan fingerprint density at radius 3 is 0.363 bits per heavy atom. The van der Waals surface area contributed by atoms with Gasteiger partial charge in [-0.15, -0.1) is 0 Å². The van der Waals surface area contributed by atoms with Crippen LogP contribution in [0.1, 0.15) is 66.8 Å². The van der Waals surface area contributed by atoms with Crippen LogP contribution in [0.2, 0.25) is 0 Å². The first-order valence-electron chi connectivity index (χ1n) is 45.0. The van der Waals surface area contributed by atoms with Crippen molar-refractivity contribution in [3.8, 4) is 0 Å². The average molecular weight is 1560 g/mol. The molecule has 0 spiro atoms. The molecule has 0 nitrogen and oxygen atoms in total. The van der Waals surface area contributed by atoms with Crippen molar-refractivity contribution in [1.29, 1.82) is 0 Å². The second-order valence-electron chi connectivity index (χ2n) is 40.1. The molecule has 0 amide bonds. The van der Waals surface area contributed by atoms with E-state index in [4.69, 9.17) is 0 Å². The summed E-state index contributed by atoms with van der Waals surface area (Å²) in [5.74, 6) is 0. The Kier molecular flexibility index (Phi) is 9.53. The maximum absolute atomic E-state index is 2.76. The van der Waals surface area contributed by atoms with E-state index in [1.807, 2.05) is 0 Å². The SMILES string of the molecule is Cc1ccc2c(c1)c1c3c4cc(C)c(C)cc4c4c5c6cc(C)c(C)cc6c6c7c8cc(C)ccc8c8c9c%10cc%11c%12ccccc%12c%12cc%13c(cc%12c%12ccccc%12c%11cc%10c%10c2c1c1c(c34)c(c65)c(c87)c1c%109)c1c2c3ccc(C)cc3c3c4c5cc(C)c(C)cc5c5c6c7cc(C)c(C)cc7c7c8c9cc(C)ccc9c9c%13c1c1c(c23)c(c45)c(c76)c1c98. The Labute approximate surface area is 705 Å². The molecule has 35 aromatic carbocycles. The fourth-order valence-corrected chi connectivity index (χ4v) is 29.5. The topological polar surface area (TPSA) is 0 Å². The van der Waals surface area contributed by atoms with Gasteiger partial charge >= 0.3 is 0 Å². The molecule has 0 saturated carbocycles. The van der Waals surface area contributed by atoms with Crippen LogP contribution in [0.5, 0.6) is 0 Å². The second-order valence-corrected chi connectivity index (χ2v) is 40.1. The van der Waals surface area contributed by atoms with Crippen molar-refractivity contribution in [2.45, 2.75) is 83.1 Å². The van der Waals surface area contributed by atoms with Crippen LogP contribution in [0.15, 0.2) is 194 Å². The highest BCUT2D eigenvalue weighted by Gasteiger charge is 2.42. The summed E-state index contributed by atoms with van der Waals surface area (Å²) in [4.78, 5) is 0. The highest BCUT2D eigenvalue weighted by atomic mass is 14.4. The van der Waals surface area contributed by atoms with Crippen LogP contribution in [-0.2, 0) is 0 Å². The number of benzene rings is 22. The molecular weight excluding hydrogens is 1490 g/mol. The zero-order valence-corrected chi connectivity index (χ0v) is 70.5. The van der Waals surface area contributed by atoms with Crippen LogP contribution in [0.4, 0.5) is 0 Å². The minimum Gasteiger partial charge on any atom is -0.0616 e. The Bertz CT molecular complexity index is 10200. The number of rotatable bonds is 0. The maximum atomic E-state index is 2.76. The van der Waals surface area contributed by atoms with Gasteiger partial charge in [0.05, 0.1) is 0 Å². The number of aryl methyl sites for hydroxylation is 12. The summed E-state index contributed by atoms with van der Waals surface area (Å²) in [7, 11) is 0. The van der Waals surface area contributed by atoms with Crippen molar-refractivity contribution in [2.24, 2.45) is 0 Å². The molecule has 564 valence electrons. The van der Waals surface area contributed by atoms with Gasteiger partial charge < -0.3 is 0 Å². The molecule has 35 rings (SSSR count). The molecule has 0 saturated heterocycles. The van der Waals surface area contributed by atoms with Gasteiger partial charge in [0.25, 0.3) is 0 Å².